The van der Waals surface area contributed by atoms with E-state index in [-0.39, 0.29) is 11.8 Å². The maximum absolute atomic E-state index is 12.4. The predicted octanol–water partition coefficient (Wildman–Crippen LogP) is 5.35. The molecule has 0 bridgehead atoms. The molecular formula is C28H28N4O2. The van der Waals surface area contributed by atoms with Crippen molar-refractivity contribution in [1.82, 2.24) is 9.47 Å². The highest BCUT2D eigenvalue weighted by Gasteiger charge is 2.24. The van der Waals surface area contributed by atoms with E-state index in [9.17, 15) is 9.90 Å². The van der Waals surface area contributed by atoms with Crippen LogP contribution >= 0.6 is 0 Å². The number of hydrogen-bond acceptors (Lipinski definition) is 5. The van der Waals surface area contributed by atoms with Crippen LogP contribution in [0.5, 0.6) is 5.88 Å². The Morgan fingerprint density at radius 3 is 2.38 bits per heavy atom. The second-order valence-electron chi connectivity index (χ2n) is 8.81. The van der Waals surface area contributed by atoms with Gasteiger partial charge >= 0.3 is 0 Å². The molecule has 6 nitrogen and oxygen atoms in total. The van der Waals surface area contributed by atoms with Gasteiger partial charge in [-0.2, -0.15) is 0 Å². The van der Waals surface area contributed by atoms with Crippen molar-refractivity contribution in [2.45, 2.75) is 26.3 Å². The van der Waals surface area contributed by atoms with Gasteiger partial charge in [-0.3, -0.25) is 14.3 Å². The minimum Gasteiger partial charge on any atom is -0.494 e. The summed E-state index contributed by atoms with van der Waals surface area (Å²) in [4.78, 5) is 19.9. The van der Waals surface area contributed by atoms with Gasteiger partial charge in [-0.15, -0.1) is 0 Å². The van der Waals surface area contributed by atoms with Gasteiger partial charge in [-0.25, -0.2) is 4.99 Å². The molecule has 0 radical (unpaired) electrons. The number of nitrogens with zero attached hydrogens (tertiary/aromatic N) is 3. The molecule has 0 atom stereocenters. The number of likely N-dealkylation sites (tertiary alicyclic amines) is 1. The van der Waals surface area contributed by atoms with E-state index in [1.54, 1.807) is 12.1 Å². The van der Waals surface area contributed by atoms with Crippen LogP contribution in [0.2, 0.25) is 0 Å². The number of nitrogens with two attached hydrogens (primary N) is 1. The second-order valence-corrected chi connectivity index (χ2v) is 8.81. The number of aromatic hydroxyl groups is 1. The molecule has 1 aromatic heterocycles. The van der Waals surface area contributed by atoms with Crippen molar-refractivity contribution in [2.75, 3.05) is 18.8 Å². The summed E-state index contributed by atoms with van der Waals surface area (Å²) in [5, 5.41) is 11.9. The number of anilines is 1. The molecule has 34 heavy (non-hydrogen) atoms. The molecule has 172 valence electrons. The third-order valence-electron chi connectivity index (χ3n) is 6.35. The molecule has 2 heterocycles. The first kappa shape index (κ1) is 21.9. The molecule has 0 unspecified atom stereocenters. The van der Waals surface area contributed by atoms with Crippen LogP contribution in [0.3, 0.4) is 0 Å². The van der Waals surface area contributed by atoms with Crippen molar-refractivity contribution in [3.8, 4) is 5.88 Å². The average Bonchev–Trinajstić information content (AvgIpc) is 3.44. The predicted molar refractivity (Wildman–Crippen MR) is 137 cm³/mol. The minimum absolute atomic E-state index is 0.138. The molecule has 5 rings (SSSR count). The molecule has 1 saturated heterocycles. The lowest BCUT2D eigenvalue weighted by Gasteiger charge is -2.14. The number of nitrogen functional groups attached to an aromatic ring is 1. The van der Waals surface area contributed by atoms with Crippen LogP contribution in [0.15, 0.2) is 77.8 Å². The number of benzene rings is 3. The van der Waals surface area contributed by atoms with Gasteiger partial charge in [0.25, 0.3) is 0 Å². The maximum atomic E-state index is 12.4. The Bertz CT molecular complexity index is 1370. The van der Waals surface area contributed by atoms with Crippen LogP contribution in [-0.2, 0) is 6.54 Å². The third-order valence-corrected chi connectivity index (χ3v) is 6.35. The Kier molecular flexibility index (Phi) is 5.90. The van der Waals surface area contributed by atoms with Crippen LogP contribution in [0.25, 0.3) is 10.9 Å². The lowest BCUT2D eigenvalue weighted by atomic mass is 10.0. The van der Waals surface area contributed by atoms with Crippen LogP contribution in [-0.4, -0.2) is 39.3 Å². The molecule has 0 saturated carbocycles. The number of fused-ring (bicyclic) bond motifs is 1. The van der Waals surface area contributed by atoms with E-state index in [2.05, 4.69) is 17.0 Å². The Labute approximate surface area is 199 Å². The topological polar surface area (TPSA) is 83.9 Å². The van der Waals surface area contributed by atoms with Crippen molar-refractivity contribution in [2.24, 2.45) is 4.99 Å². The first-order valence-corrected chi connectivity index (χ1v) is 11.6. The van der Waals surface area contributed by atoms with Gasteiger partial charge < -0.3 is 10.8 Å². The number of aromatic nitrogens is 1. The summed E-state index contributed by atoms with van der Waals surface area (Å²) >= 11 is 0. The monoisotopic (exact) mass is 452 g/mol. The van der Waals surface area contributed by atoms with Gasteiger partial charge in [-0.05, 0) is 61.8 Å². The van der Waals surface area contributed by atoms with Crippen LogP contribution < -0.4 is 5.73 Å². The molecule has 1 aliphatic rings. The number of carbonyl (C=O) groups is 1. The largest absolute Gasteiger partial charge is 0.494 e. The van der Waals surface area contributed by atoms with E-state index in [0.717, 1.165) is 36.3 Å². The summed E-state index contributed by atoms with van der Waals surface area (Å²) in [7, 11) is 0. The van der Waals surface area contributed by atoms with Crippen molar-refractivity contribution >= 4 is 33.9 Å². The quantitative estimate of drug-likeness (QED) is 0.316. The fourth-order valence-electron chi connectivity index (χ4n) is 4.71. The van der Waals surface area contributed by atoms with Gasteiger partial charge in [0, 0.05) is 30.1 Å². The number of rotatable bonds is 5. The number of aliphatic imine (C=N–C) groups is 1. The lowest BCUT2D eigenvalue weighted by molar-refractivity contribution is 0.0933. The maximum Gasteiger partial charge on any atom is 0.230 e. The average molecular weight is 453 g/mol. The molecule has 0 amide bonds. The first-order chi connectivity index (χ1) is 16.5. The number of carbonyl (C=O) groups excluding carboxylic acids is 1. The molecule has 1 fully saturated rings. The lowest BCUT2D eigenvalue weighted by Crippen LogP contribution is -2.18. The van der Waals surface area contributed by atoms with Gasteiger partial charge in [0.2, 0.25) is 11.8 Å². The molecule has 6 heteroatoms. The SMILES string of the molecule is CC(=O)n1c(O)c(C(=Nc2ccc(CN3CCCC3)cc2)c2ccccc2)c2ccc(N)cc21. The third kappa shape index (κ3) is 4.20. The summed E-state index contributed by atoms with van der Waals surface area (Å²) < 4.78 is 1.29. The van der Waals surface area contributed by atoms with E-state index >= 15 is 0 Å². The van der Waals surface area contributed by atoms with Crippen molar-refractivity contribution in [1.29, 1.82) is 0 Å². The molecule has 0 spiro atoms. The van der Waals surface area contributed by atoms with Gasteiger partial charge in [0.05, 0.1) is 22.5 Å². The van der Waals surface area contributed by atoms with Crippen LogP contribution in [0.1, 0.15) is 41.3 Å². The summed E-state index contributed by atoms with van der Waals surface area (Å²) in [6.07, 6.45) is 2.54. The molecule has 3 N–H and O–H groups in total. The zero-order chi connectivity index (χ0) is 23.7. The molecule has 0 aliphatic carbocycles. The van der Waals surface area contributed by atoms with E-state index in [0.29, 0.717) is 22.5 Å². The summed E-state index contributed by atoms with van der Waals surface area (Å²) in [6.45, 7) is 4.68. The molecular weight excluding hydrogens is 424 g/mol. The zero-order valence-corrected chi connectivity index (χ0v) is 19.2. The Balaban J connectivity index is 1.64. The molecule has 4 aromatic rings. The summed E-state index contributed by atoms with van der Waals surface area (Å²) in [6, 6.07) is 23.2. The minimum atomic E-state index is -0.293. The fraction of sp³-hybridized carbons (Fsp3) is 0.214. The Morgan fingerprint density at radius 2 is 1.71 bits per heavy atom. The van der Waals surface area contributed by atoms with Crippen molar-refractivity contribution in [3.05, 3.63) is 89.5 Å². The second kappa shape index (κ2) is 9.15. The van der Waals surface area contributed by atoms with Crippen molar-refractivity contribution < 1.29 is 9.90 Å². The smallest absolute Gasteiger partial charge is 0.230 e. The standard InChI is InChI=1S/C28H28N4O2/c1-19(33)32-25-17-22(29)11-14-24(25)26(28(32)34)27(21-7-3-2-4-8-21)30-23-12-9-20(10-13-23)18-31-15-5-6-16-31/h2-4,7-14,17,34H,5-6,15-16,18,29H2,1H3. The summed E-state index contributed by atoms with van der Waals surface area (Å²) in [5.41, 5.74) is 11.1. The zero-order valence-electron chi connectivity index (χ0n) is 19.2. The summed E-state index contributed by atoms with van der Waals surface area (Å²) in [5.74, 6) is -0.431. The molecule has 3 aromatic carbocycles. The fourth-order valence-corrected chi connectivity index (χ4v) is 4.71. The highest BCUT2D eigenvalue weighted by Crippen LogP contribution is 2.35. The van der Waals surface area contributed by atoms with Crippen LogP contribution in [0, 0.1) is 0 Å². The van der Waals surface area contributed by atoms with Crippen LogP contribution in [0.4, 0.5) is 11.4 Å². The van der Waals surface area contributed by atoms with E-state index < -0.39 is 0 Å². The normalized spacial score (nSPS) is 14.7. The molecule has 1 aliphatic heterocycles. The van der Waals surface area contributed by atoms with E-state index in [1.165, 1.54) is 29.9 Å². The number of hydrogen-bond donors (Lipinski definition) is 2. The van der Waals surface area contributed by atoms with E-state index in [4.69, 9.17) is 10.7 Å². The van der Waals surface area contributed by atoms with Crippen molar-refractivity contribution in [3.63, 3.8) is 0 Å². The van der Waals surface area contributed by atoms with Gasteiger partial charge in [0.1, 0.15) is 0 Å². The Hall–Kier alpha value is -3.90. The highest BCUT2D eigenvalue weighted by atomic mass is 16.3. The van der Waals surface area contributed by atoms with Gasteiger partial charge in [-0.1, -0.05) is 42.5 Å². The Morgan fingerprint density at radius 1 is 1.00 bits per heavy atom. The van der Waals surface area contributed by atoms with E-state index in [1.807, 2.05) is 48.5 Å². The first-order valence-electron chi connectivity index (χ1n) is 11.6. The van der Waals surface area contributed by atoms with Gasteiger partial charge in [0.15, 0.2) is 0 Å². The highest BCUT2D eigenvalue weighted by molar-refractivity contribution is 6.23.